The van der Waals surface area contributed by atoms with Crippen LogP contribution in [0.1, 0.15) is 24.0 Å². The Balaban J connectivity index is 1.80. The summed E-state index contributed by atoms with van der Waals surface area (Å²) in [5, 5.41) is 0. The van der Waals surface area contributed by atoms with E-state index in [1.165, 1.54) is 41.5 Å². The minimum absolute atomic E-state index is 0.972. The first-order chi connectivity index (χ1) is 8.31. The molecule has 0 spiro atoms. The maximum atomic E-state index is 2.29. The van der Waals surface area contributed by atoms with E-state index in [1.54, 1.807) is 0 Å². The lowest BCUT2D eigenvalue weighted by Crippen LogP contribution is -1.86. The highest BCUT2D eigenvalue weighted by atomic mass is 14.3. The lowest BCUT2D eigenvalue weighted by atomic mass is 10.0. The Morgan fingerprint density at radius 1 is 0.824 bits per heavy atom. The van der Waals surface area contributed by atoms with Crippen molar-refractivity contribution in [1.29, 1.82) is 0 Å². The van der Waals surface area contributed by atoms with Gasteiger partial charge in [-0.05, 0) is 48.8 Å². The van der Waals surface area contributed by atoms with Crippen LogP contribution < -0.4 is 0 Å². The SMILES string of the molecule is Cc1ccc(-c2ccc(CC3CC3)cc2)cc1. The van der Waals surface area contributed by atoms with Crippen LogP contribution >= 0.6 is 0 Å². The summed E-state index contributed by atoms with van der Waals surface area (Å²) in [6.45, 7) is 2.13. The highest BCUT2D eigenvalue weighted by Gasteiger charge is 2.21. The van der Waals surface area contributed by atoms with Crippen LogP contribution in [0.4, 0.5) is 0 Å². The van der Waals surface area contributed by atoms with Gasteiger partial charge in [0.1, 0.15) is 0 Å². The smallest absolute Gasteiger partial charge is 0.0184 e. The molecule has 17 heavy (non-hydrogen) atoms. The molecule has 0 aromatic heterocycles. The first-order valence-electron chi connectivity index (χ1n) is 6.47. The van der Waals surface area contributed by atoms with Crippen molar-refractivity contribution < 1.29 is 0 Å². The standard InChI is InChI=1S/C17H18/c1-13-2-8-16(9-3-13)17-10-6-15(7-11-17)12-14-4-5-14/h2-3,6-11,14H,4-5,12H2,1H3. The van der Waals surface area contributed by atoms with Crippen LogP contribution in [0, 0.1) is 12.8 Å². The maximum absolute atomic E-state index is 2.29. The summed E-state index contributed by atoms with van der Waals surface area (Å²) in [6.07, 6.45) is 4.13. The third kappa shape index (κ3) is 2.58. The fourth-order valence-corrected chi connectivity index (χ4v) is 2.23. The summed E-state index contributed by atoms with van der Waals surface area (Å²) in [5.74, 6) is 0.972. The molecular weight excluding hydrogens is 204 g/mol. The fourth-order valence-electron chi connectivity index (χ4n) is 2.23. The molecule has 0 heteroatoms. The number of aryl methyl sites for hydroxylation is 1. The van der Waals surface area contributed by atoms with Crippen molar-refractivity contribution in [2.45, 2.75) is 26.2 Å². The van der Waals surface area contributed by atoms with Crippen LogP contribution in [0.25, 0.3) is 11.1 Å². The molecular formula is C17H18. The van der Waals surface area contributed by atoms with Crippen molar-refractivity contribution in [1.82, 2.24) is 0 Å². The molecule has 0 saturated heterocycles. The third-order valence-electron chi connectivity index (χ3n) is 3.56. The molecule has 3 rings (SSSR count). The molecule has 0 heterocycles. The molecule has 0 bridgehead atoms. The van der Waals surface area contributed by atoms with E-state index >= 15 is 0 Å². The van der Waals surface area contributed by atoms with Crippen LogP contribution in [0.15, 0.2) is 48.5 Å². The number of rotatable bonds is 3. The van der Waals surface area contributed by atoms with Gasteiger partial charge < -0.3 is 0 Å². The molecule has 0 atom stereocenters. The predicted molar refractivity (Wildman–Crippen MR) is 73.0 cm³/mol. The lowest BCUT2D eigenvalue weighted by Gasteiger charge is -2.04. The second-order valence-electron chi connectivity index (χ2n) is 5.21. The molecule has 0 nitrogen and oxygen atoms in total. The Morgan fingerprint density at radius 2 is 1.35 bits per heavy atom. The molecule has 86 valence electrons. The summed E-state index contributed by atoms with van der Waals surface area (Å²) >= 11 is 0. The van der Waals surface area contributed by atoms with Crippen LogP contribution in [-0.4, -0.2) is 0 Å². The number of benzene rings is 2. The lowest BCUT2D eigenvalue weighted by molar-refractivity contribution is 0.832. The quantitative estimate of drug-likeness (QED) is 0.711. The van der Waals surface area contributed by atoms with Crippen LogP contribution in [0.3, 0.4) is 0 Å². The Kier molecular flexibility index (Phi) is 2.72. The second kappa shape index (κ2) is 4.37. The van der Waals surface area contributed by atoms with Crippen molar-refractivity contribution in [2.24, 2.45) is 5.92 Å². The predicted octanol–water partition coefficient (Wildman–Crippen LogP) is 4.61. The summed E-state index contributed by atoms with van der Waals surface area (Å²) in [7, 11) is 0. The van der Waals surface area contributed by atoms with Crippen LogP contribution in [0.2, 0.25) is 0 Å². The minimum Gasteiger partial charge on any atom is -0.0587 e. The summed E-state index contributed by atoms with van der Waals surface area (Å²) in [4.78, 5) is 0. The maximum Gasteiger partial charge on any atom is -0.0184 e. The van der Waals surface area contributed by atoms with Crippen LogP contribution in [-0.2, 0) is 6.42 Å². The average molecular weight is 222 g/mol. The zero-order valence-electron chi connectivity index (χ0n) is 10.3. The van der Waals surface area contributed by atoms with E-state index in [1.807, 2.05) is 0 Å². The monoisotopic (exact) mass is 222 g/mol. The summed E-state index contributed by atoms with van der Waals surface area (Å²) in [5.41, 5.74) is 5.44. The van der Waals surface area contributed by atoms with E-state index in [9.17, 15) is 0 Å². The molecule has 2 aromatic rings. The first-order valence-corrected chi connectivity index (χ1v) is 6.47. The van der Waals surface area contributed by atoms with Gasteiger partial charge in [0.05, 0.1) is 0 Å². The van der Waals surface area contributed by atoms with Gasteiger partial charge in [0.2, 0.25) is 0 Å². The molecule has 0 radical (unpaired) electrons. The molecule has 1 saturated carbocycles. The van der Waals surface area contributed by atoms with Crippen molar-refractivity contribution in [3.63, 3.8) is 0 Å². The van der Waals surface area contributed by atoms with Gasteiger partial charge in [-0.2, -0.15) is 0 Å². The van der Waals surface area contributed by atoms with Gasteiger partial charge in [0.15, 0.2) is 0 Å². The fraction of sp³-hybridized carbons (Fsp3) is 0.294. The molecule has 1 aliphatic carbocycles. The highest BCUT2D eigenvalue weighted by molar-refractivity contribution is 5.63. The topological polar surface area (TPSA) is 0 Å². The number of hydrogen-bond acceptors (Lipinski definition) is 0. The van der Waals surface area contributed by atoms with Gasteiger partial charge in [0.25, 0.3) is 0 Å². The Bertz CT molecular complexity index is 487. The van der Waals surface area contributed by atoms with E-state index in [-0.39, 0.29) is 0 Å². The molecule has 0 amide bonds. The van der Waals surface area contributed by atoms with Gasteiger partial charge in [-0.15, -0.1) is 0 Å². The molecule has 1 aliphatic rings. The molecule has 1 fully saturated rings. The van der Waals surface area contributed by atoms with E-state index < -0.39 is 0 Å². The average Bonchev–Trinajstić information content (AvgIpc) is 3.15. The van der Waals surface area contributed by atoms with Gasteiger partial charge >= 0.3 is 0 Å². The second-order valence-corrected chi connectivity index (χ2v) is 5.21. The zero-order valence-corrected chi connectivity index (χ0v) is 10.3. The normalized spacial score (nSPS) is 14.9. The Morgan fingerprint density at radius 3 is 1.88 bits per heavy atom. The Hall–Kier alpha value is -1.56. The summed E-state index contributed by atoms with van der Waals surface area (Å²) in [6, 6.07) is 17.8. The largest absolute Gasteiger partial charge is 0.0587 e. The van der Waals surface area contributed by atoms with Crippen LogP contribution in [0.5, 0.6) is 0 Å². The van der Waals surface area contributed by atoms with E-state index in [2.05, 4.69) is 55.5 Å². The van der Waals surface area contributed by atoms with Crippen molar-refractivity contribution in [3.05, 3.63) is 59.7 Å². The zero-order chi connectivity index (χ0) is 11.7. The van der Waals surface area contributed by atoms with Gasteiger partial charge in [-0.1, -0.05) is 54.1 Å². The Labute approximate surface area is 103 Å². The van der Waals surface area contributed by atoms with Gasteiger partial charge in [0, 0.05) is 0 Å². The first kappa shape index (κ1) is 10.6. The minimum atomic E-state index is 0.972. The van der Waals surface area contributed by atoms with E-state index in [0.29, 0.717) is 0 Å². The summed E-state index contributed by atoms with van der Waals surface area (Å²) < 4.78 is 0. The third-order valence-corrected chi connectivity index (χ3v) is 3.56. The van der Waals surface area contributed by atoms with Crippen molar-refractivity contribution in [2.75, 3.05) is 0 Å². The molecule has 0 unspecified atom stereocenters. The van der Waals surface area contributed by atoms with E-state index in [4.69, 9.17) is 0 Å². The molecule has 0 N–H and O–H groups in total. The highest BCUT2D eigenvalue weighted by Crippen LogP contribution is 2.33. The molecule has 0 aliphatic heterocycles. The van der Waals surface area contributed by atoms with Crippen molar-refractivity contribution >= 4 is 0 Å². The van der Waals surface area contributed by atoms with Gasteiger partial charge in [-0.25, -0.2) is 0 Å². The molecule has 2 aromatic carbocycles. The van der Waals surface area contributed by atoms with Gasteiger partial charge in [-0.3, -0.25) is 0 Å². The van der Waals surface area contributed by atoms with E-state index in [0.717, 1.165) is 5.92 Å². The van der Waals surface area contributed by atoms with Crippen molar-refractivity contribution in [3.8, 4) is 11.1 Å². The number of hydrogen-bond donors (Lipinski definition) is 0.